The molecule has 1 unspecified atom stereocenters. The molecule has 1 amide bonds. The van der Waals surface area contributed by atoms with Crippen LogP contribution in [0.3, 0.4) is 0 Å². The average molecular weight is 427 g/mol. The van der Waals surface area contributed by atoms with Gasteiger partial charge < -0.3 is 29.0 Å². The van der Waals surface area contributed by atoms with E-state index in [1.165, 1.54) is 0 Å². The summed E-state index contributed by atoms with van der Waals surface area (Å²) in [5.41, 5.74) is -0.238. The van der Waals surface area contributed by atoms with Gasteiger partial charge in [-0.05, 0) is 63.1 Å². The minimum atomic E-state index is -0.957. The summed E-state index contributed by atoms with van der Waals surface area (Å²) in [7, 11) is 1.55. The van der Waals surface area contributed by atoms with E-state index in [2.05, 4.69) is 0 Å². The lowest BCUT2D eigenvalue weighted by atomic mass is 10.2. The Balaban J connectivity index is 1.39. The average Bonchev–Trinajstić information content (AvgIpc) is 3.49. The van der Waals surface area contributed by atoms with Gasteiger partial charge in [0, 0.05) is 24.7 Å². The number of rotatable bonds is 9. The van der Waals surface area contributed by atoms with Crippen molar-refractivity contribution in [2.24, 2.45) is 0 Å². The lowest BCUT2D eigenvalue weighted by molar-refractivity contribution is -0.122. The van der Waals surface area contributed by atoms with E-state index in [1.54, 1.807) is 38.0 Å². The number of carbonyl (C=O) groups is 1. The Labute approximate surface area is 182 Å². The predicted molar refractivity (Wildman–Crippen MR) is 116 cm³/mol. The summed E-state index contributed by atoms with van der Waals surface area (Å²) in [6, 6.07) is 12.8. The topological polar surface area (TPSA) is 77.5 Å². The van der Waals surface area contributed by atoms with Crippen LogP contribution in [0.4, 0.5) is 5.69 Å². The Hall–Kier alpha value is -2.93. The van der Waals surface area contributed by atoms with Gasteiger partial charge in [0.25, 0.3) is 5.91 Å². The van der Waals surface area contributed by atoms with E-state index in [9.17, 15) is 9.90 Å². The van der Waals surface area contributed by atoms with Gasteiger partial charge in [0.15, 0.2) is 17.6 Å². The molecule has 0 spiro atoms. The lowest BCUT2D eigenvalue weighted by Crippen LogP contribution is -2.32. The molecule has 166 valence electrons. The fourth-order valence-corrected chi connectivity index (χ4v) is 3.36. The van der Waals surface area contributed by atoms with Crippen molar-refractivity contribution >= 4 is 11.6 Å². The van der Waals surface area contributed by atoms with Crippen molar-refractivity contribution in [1.29, 1.82) is 0 Å². The van der Waals surface area contributed by atoms with Gasteiger partial charge in [-0.3, -0.25) is 4.79 Å². The van der Waals surface area contributed by atoms with Crippen molar-refractivity contribution in [2.45, 2.75) is 50.9 Å². The van der Waals surface area contributed by atoms with Crippen LogP contribution >= 0.6 is 0 Å². The minimum Gasteiger partial charge on any atom is -0.493 e. The monoisotopic (exact) mass is 427 g/mol. The first kappa shape index (κ1) is 21.3. The highest BCUT2D eigenvalue weighted by molar-refractivity contribution is 5.99. The number of methoxy groups -OCH3 is 1. The van der Waals surface area contributed by atoms with E-state index in [1.807, 2.05) is 30.3 Å². The van der Waals surface area contributed by atoms with Crippen LogP contribution in [0.2, 0.25) is 0 Å². The normalized spacial score (nSPS) is 18.8. The first-order valence-corrected chi connectivity index (χ1v) is 10.6. The summed E-state index contributed by atoms with van der Waals surface area (Å²) < 4.78 is 22.8. The summed E-state index contributed by atoms with van der Waals surface area (Å²) in [5.74, 6) is 2.40. The van der Waals surface area contributed by atoms with Crippen LogP contribution in [0.15, 0.2) is 42.5 Å². The molecule has 2 aromatic carbocycles. The van der Waals surface area contributed by atoms with E-state index in [0.717, 1.165) is 24.3 Å². The van der Waals surface area contributed by atoms with Gasteiger partial charge in [0.05, 0.1) is 18.8 Å². The zero-order valence-corrected chi connectivity index (χ0v) is 18.2. The van der Waals surface area contributed by atoms with Gasteiger partial charge in [0.1, 0.15) is 18.1 Å². The minimum absolute atomic E-state index is 0.0921. The molecule has 1 heterocycles. The summed E-state index contributed by atoms with van der Waals surface area (Å²) in [4.78, 5) is 14.6. The molecule has 1 atom stereocenters. The number of nitrogens with zero attached hydrogens (tertiary/aromatic N) is 1. The molecule has 2 aliphatic rings. The van der Waals surface area contributed by atoms with Crippen molar-refractivity contribution < 1.29 is 28.8 Å². The Morgan fingerprint density at radius 2 is 1.68 bits per heavy atom. The second-order valence-corrected chi connectivity index (χ2v) is 8.61. The smallest absolute Gasteiger partial charge is 0.268 e. The largest absolute Gasteiger partial charge is 0.493 e. The van der Waals surface area contributed by atoms with Gasteiger partial charge in [-0.1, -0.05) is 0 Å². The first-order valence-electron chi connectivity index (χ1n) is 10.6. The van der Waals surface area contributed by atoms with E-state index < -0.39 is 11.7 Å². The van der Waals surface area contributed by atoms with Crippen LogP contribution in [0, 0.1) is 0 Å². The number of hydrogen-bond donors (Lipinski definition) is 1. The predicted octanol–water partition coefficient (Wildman–Crippen LogP) is 3.57. The summed E-state index contributed by atoms with van der Waals surface area (Å²) in [5, 5.41) is 9.87. The second-order valence-electron chi connectivity index (χ2n) is 8.61. The van der Waals surface area contributed by atoms with Crippen LogP contribution in [0.25, 0.3) is 0 Å². The van der Waals surface area contributed by atoms with Gasteiger partial charge in [0.2, 0.25) is 0 Å². The van der Waals surface area contributed by atoms with Gasteiger partial charge in [-0.25, -0.2) is 0 Å². The van der Waals surface area contributed by atoms with Gasteiger partial charge >= 0.3 is 0 Å². The number of hydrogen-bond acceptors (Lipinski definition) is 6. The molecule has 1 N–H and O–H groups in total. The van der Waals surface area contributed by atoms with Crippen LogP contribution in [-0.4, -0.2) is 49.1 Å². The van der Waals surface area contributed by atoms with Crippen molar-refractivity contribution in [1.82, 2.24) is 0 Å². The highest BCUT2D eigenvalue weighted by Gasteiger charge is 2.35. The molecule has 1 aliphatic carbocycles. The van der Waals surface area contributed by atoms with E-state index >= 15 is 0 Å². The van der Waals surface area contributed by atoms with E-state index in [-0.39, 0.29) is 12.5 Å². The summed E-state index contributed by atoms with van der Waals surface area (Å²) in [6.07, 6.45) is 2.63. The summed E-state index contributed by atoms with van der Waals surface area (Å²) in [6.45, 7) is 4.03. The second kappa shape index (κ2) is 8.67. The van der Waals surface area contributed by atoms with Crippen LogP contribution < -0.4 is 23.8 Å². The molecule has 1 saturated heterocycles. The molecule has 0 aromatic heterocycles. The highest BCUT2D eigenvalue weighted by Crippen LogP contribution is 2.35. The number of amides is 1. The molecule has 1 saturated carbocycles. The van der Waals surface area contributed by atoms with Gasteiger partial charge in [-0.2, -0.15) is 0 Å². The highest BCUT2D eigenvalue weighted by atomic mass is 16.5. The quantitative estimate of drug-likeness (QED) is 0.659. The summed E-state index contributed by atoms with van der Waals surface area (Å²) >= 11 is 0. The lowest BCUT2D eigenvalue weighted by Gasteiger charge is -2.21. The molecule has 2 fully saturated rings. The molecule has 1 aliphatic heterocycles. The third-order valence-electron chi connectivity index (χ3n) is 5.13. The fourth-order valence-electron chi connectivity index (χ4n) is 3.36. The molecule has 0 radical (unpaired) electrons. The maximum absolute atomic E-state index is 12.9. The van der Waals surface area contributed by atoms with Crippen molar-refractivity contribution in [3.05, 3.63) is 42.5 Å². The molecule has 2 aromatic rings. The maximum Gasteiger partial charge on any atom is 0.268 e. The molecule has 31 heavy (non-hydrogen) atoms. The van der Waals surface area contributed by atoms with Crippen molar-refractivity contribution in [3.63, 3.8) is 0 Å². The van der Waals surface area contributed by atoms with Gasteiger partial charge in [-0.15, -0.1) is 0 Å². The van der Waals surface area contributed by atoms with Crippen LogP contribution in [0.1, 0.15) is 33.1 Å². The third kappa shape index (κ3) is 5.41. The molecule has 4 rings (SSSR count). The Morgan fingerprint density at radius 1 is 1.00 bits per heavy atom. The molecule has 7 nitrogen and oxygen atoms in total. The number of anilines is 1. The van der Waals surface area contributed by atoms with E-state index in [4.69, 9.17) is 18.9 Å². The van der Waals surface area contributed by atoms with Crippen LogP contribution in [-0.2, 0) is 4.79 Å². The molecule has 7 heteroatoms. The number of ether oxygens (including phenoxy) is 4. The SMILES string of the molecule is COc1cc(N2CCC(Oc3ccc(OC4CC4)cc3)C2=O)ccc1OCC(C)(C)O. The first-order chi connectivity index (χ1) is 14.8. The fraction of sp³-hybridized carbons (Fsp3) is 0.458. The molecular weight excluding hydrogens is 398 g/mol. The Bertz CT molecular complexity index is 917. The number of aliphatic hydroxyl groups is 1. The molecule has 0 bridgehead atoms. The zero-order valence-electron chi connectivity index (χ0n) is 18.2. The number of benzene rings is 2. The van der Waals surface area contributed by atoms with Crippen LogP contribution in [0.5, 0.6) is 23.0 Å². The Kier molecular flexibility index (Phi) is 5.96. The third-order valence-corrected chi connectivity index (χ3v) is 5.13. The van der Waals surface area contributed by atoms with Crippen molar-refractivity contribution in [2.75, 3.05) is 25.2 Å². The van der Waals surface area contributed by atoms with E-state index in [0.29, 0.717) is 36.3 Å². The number of carbonyl (C=O) groups excluding carboxylic acids is 1. The molecular formula is C24H29NO6. The van der Waals surface area contributed by atoms with Crippen molar-refractivity contribution in [3.8, 4) is 23.0 Å². The standard InChI is InChI=1S/C24H29NO6/c1-24(2,27)15-29-20-11-4-16(14-22(20)28-3)25-13-12-21(23(25)26)31-19-9-7-18(8-10-19)30-17-5-6-17/h4,7-11,14,17,21,27H,5-6,12-13,15H2,1-3H3. The zero-order chi connectivity index (χ0) is 22.0. The maximum atomic E-state index is 12.9. The Morgan fingerprint density at radius 3 is 2.29 bits per heavy atom.